The minimum absolute atomic E-state index is 0.124. The van der Waals surface area contributed by atoms with E-state index in [1.807, 2.05) is 6.07 Å². The number of amides is 2. The van der Waals surface area contributed by atoms with Gasteiger partial charge in [-0.1, -0.05) is 23.7 Å². The number of likely N-dealkylation sites (tertiary alicyclic amines) is 1. The van der Waals surface area contributed by atoms with Gasteiger partial charge in [0, 0.05) is 37.4 Å². The van der Waals surface area contributed by atoms with Crippen LogP contribution in [0.2, 0.25) is 5.02 Å². The molecule has 0 unspecified atom stereocenters. The lowest BCUT2D eigenvalue weighted by atomic mass is 9.82. The second-order valence-electron chi connectivity index (χ2n) is 10.4. The zero-order valence-corrected chi connectivity index (χ0v) is 22.5. The molecule has 11 heteroatoms. The highest BCUT2D eigenvalue weighted by atomic mass is 35.5. The summed E-state index contributed by atoms with van der Waals surface area (Å²) in [5, 5.41) is 11.1. The van der Waals surface area contributed by atoms with Crippen molar-refractivity contribution in [2.75, 3.05) is 38.2 Å². The molecule has 0 radical (unpaired) electrons. The fourth-order valence-corrected chi connectivity index (χ4v) is 5.92. The van der Waals surface area contributed by atoms with Crippen molar-refractivity contribution < 1.29 is 32.6 Å². The van der Waals surface area contributed by atoms with Crippen LogP contribution in [0.1, 0.15) is 48.0 Å². The first-order valence-corrected chi connectivity index (χ1v) is 13.4. The Kier molecular flexibility index (Phi) is 8.66. The van der Waals surface area contributed by atoms with Crippen molar-refractivity contribution in [3.05, 3.63) is 58.6 Å². The van der Waals surface area contributed by atoms with E-state index in [9.17, 15) is 27.9 Å². The Balaban J connectivity index is 1.32. The van der Waals surface area contributed by atoms with Gasteiger partial charge in [-0.05, 0) is 74.3 Å². The van der Waals surface area contributed by atoms with Crippen molar-refractivity contribution in [1.29, 1.82) is 0 Å². The van der Waals surface area contributed by atoms with Gasteiger partial charge in [-0.2, -0.15) is 13.2 Å². The van der Waals surface area contributed by atoms with E-state index in [0.29, 0.717) is 29.7 Å². The molecular formula is C28H33ClF3N3O4. The monoisotopic (exact) mass is 567 g/mol. The molecule has 1 atom stereocenters. The van der Waals surface area contributed by atoms with Gasteiger partial charge < -0.3 is 25.4 Å². The molecule has 0 aromatic heterocycles. The van der Waals surface area contributed by atoms with Gasteiger partial charge in [-0.3, -0.25) is 9.59 Å². The number of carbonyl (C=O) groups excluding carboxylic acids is 2. The van der Waals surface area contributed by atoms with Gasteiger partial charge in [0.05, 0.1) is 17.7 Å². The van der Waals surface area contributed by atoms with E-state index >= 15 is 0 Å². The van der Waals surface area contributed by atoms with Crippen LogP contribution in [0.5, 0.6) is 5.75 Å². The van der Waals surface area contributed by atoms with Crippen molar-refractivity contribution in [3.8, 4) is 5.75 Å². The van der Waals surface area contributed by atoms with Crippen molar-refractivity contribution in [2.24, 2.45) is 17.6 Å². The lowest BCUT2D eigenvalue weighted by Gasteiger charge is -2.40. The predicted molar refractivity (Wildman–Crippen MR) is 142 cm³/mol. The number of nitrogens with zero attached hydrogens (tertiary/aromatic N) is 2. The molecule has 2 aliphatic rings. The second-order valence-corrected chi connectivity index (χ2v) is 10.8. The molecule has 2 aromatic rings. The Bertz CT molecular complexity index is 1190. The van der Waals surface area contributed by atoms with Crippen molar-refractivity contribution in [2.45, 2.75) is 43.9 Å². The Morgan fingerprint density at radius 2 is 1.64 bits per heavy atom. The molecule has 2 amide bonds. The van der Waals surface area contributed by atoms with Gasteiger partial charge in [0.2, 0.25) is 5.91 Å². The molecule has 7 nitrogen and oxygen atoms in total. The number of piperidine rings is 2. The van der Waals surface area contributed by atoms with Gasteiger partial charge in [0.1, 0.15) is 5.75 Å². The molecule has 2 fully saturated rings. The van der Waals surface area contributed by atoms with Gasteiger partial charge in [0.25, 0.3) is 11.5 Å². The van der Waals surface area contributed by atoms with Crippen LogP contribution in [0.4, 0.5) is 18.9 Å². The number of anilines is 1. The molecule has 4 rings (SSSR count). The number of alkyl halides is 3. The number of aliphatic hydroxyl groups is 1. The number of benzene rings is 2. The fourth-order valence-electron chi connectivity index (χ4n) is 5.66. The van der Waals surface area contributed by atoms with Gasteiger partial charge in [0.15, 0.2) is 0 Å². The molecule has 0 aliphatic carbocycles. The van der Waals surface area contributed by atoms with Crippen LogP contribution in [-0.2, 0) is 10.4 Å². The number of carbonyl (C=O) groups is 2. The average Bonchev–Trinajstić information content (AvgIpc) is 2.92. The Labute approximate surface area is 230 Å². The number of rotatable bonds is 7. The maximum Gasteiger partial charge on any atom is 0.430 e. The highest BCUT2D eigenvalue weighted by molar-refractivity contribution is 6.34. The van der Waals surface area contributed by atoms with Crippen LogP contribution >= 0.6 is 11.6 Å². The van der Waals surface area contributed by atoms with E-state index in [2.05, 4.69) is 4.90 Å². The molecule has 0 saturated carbocycles. The first-order chi connectivity index (χ1) is 18.4. The zero-order chi connectivity index (χ0) is 28.4. The largest absolute Gasteiger partial charge is 0.497 e. The predicted octanol–water partition coefficient (Wildman–Crippen LogP) is 4.74. The number of hydrogen-bond donors (Lipinski definition) is 2. The van der Waals surface area contributed by atoms with Crippen molar-refractivity contribution >= 4 is 29.1 Å². The molecule has 3 N–H and O–H groups in total. The number of nitrogens with two attached hydrogens (primary N) is 1. The van der Waals surface area contributed by atoms with Gasteiger partial charge in [-0.25, -0.2) is 0 Å². The fraction of sp³-hybridized carbons (Fsp3) is 0.500. The average molecular weight is 568 g/mol. The zero-order valence-electron chi connectivity index (χ0n) is 21.7. The minimum atomic E-state index is -5.19. The summed E-state index contributed by atoms with van der Waals surface area (Å²) in [7, 11) is 1.31. The normalized spacial score (nSPS) is 19.0. The summed E-state index contributed by atoms with van der Waals surface area (Å²) in [5.74, 6) is -1.03. The number of ether oxygens (including phenoxy) is 1. The van der Waals surface area contributed by atoms with Crippen LogP contribution in [0, 0.1) is 11.8 Å². The summed E-state index contributed by atoms with van der Waals surface area (Å²) in [6.45, 7) is 1.98. The van der Waals surface area contributed by atoms with Gasteiger partial charge >= 0.3 is 6.18 Å². The topological polar surface area (TPSA) is 96.1 Å². The lowest BCUT2D eigenvalue weighted by Crippen LogP contribution is -2.57. The van der Waals surface area contributed by atoms with Crippen LogP contribution in [0.25, 0.3) is 0 Å². The van der Waals surface area contributed by atoms with Crippen LogP contribution < -0.4 is 15.4 Å². The van der Waals surface area contributed by atoms with E-state index in [0.717, 1.165) is 55.1 Å². The first kappa shape index (κ1) is 29.0. The number of halogens is 4. The van der Waals surface area contributed by atoms with E-state index in [1.165, 1.54) is 19.2 Å². The Hall–Kier alpha value is -2.98. The molecule has 2 heterocycles. The molecule has 2 saturated heterocycles. The second kappa shape index (κ2) is 11.6. The molecule has 2 aliphatic heterocycles. The van der Waals surface area contributed by atoms with Crippen LogP contribution in [0.15, 0.2) is 42.5 Å². The van der Waals surface area contributed by atoms with E-state index in [1.54, 1.807) is 12.1 Å². The molecule has 2 aromatic carbocycles. The highest BCUT2D eigenvalue weighted by Gasteiger charge is 2.62. The molecule has 0 bridgehead atoms. The number of primary amides is 1. The Morgan fingerprint density at radius 3 is 2.18 bits per heavy atom. The highest BCUT2D eigenvalue weighted by Crippen LogP contribution is 2.42. The Morgan fingerprint density at radius 1 is 1.03 bits per heavy atom. The summed E-state index contributed by atoms with van der Waals surface area (Å²) < 4.78 is 47.2. The summed E-state index contributed by atoms with van der Waals surface area (Å²) >= 11 is 6.20. The third-order valence-corrected chi connectivity index (χ3v) is 8.29. The summed E-state index contributed by atoms with van der Waals surface area (Å²) in [4.78, 5) is 27.9. The molecule has 212 valence electrons. The SMILES string of the molecule is COc1cccc([C@@](O)(C(=O)N2CCC(CC3CCN(c4ccc(C(N)=O)c(Cl)c4)CC3)CC2)C(F)(F)F)c1. The summed E-state index contributed by atoms with van der Waals surface area (Å²) in [5.41, 5.74) is 2.35. The standard InChI is InChI=1S/C28H33ClF3N3O4/c1-39-22-4-2-3-20(16-22)27(38,28(30,31)32)26(37)35-13-9-19(10-14-35)15-18-7-11-34(12-8-18)21-5-6-23(25(33)36)24(29)17-21/h2-6,16-19,38H,7-15H2,1H3,(H2,33,36)/t27-/m1/s1. The number of hydrogen-bond acceptors (Lipinski definition) is 5. The molecule has 39 heavy (non-hydrogen) atoms. The minimum Gasteiger partial charge on any atom is -0.497 e. The summed E-state index contributed by atoms with van der Waals surface area (Å²) in [6.07, 6.45) is -1.16. The third-order valence-electron chi connectivity index (χ3n) is 7.97. The van der Waals surface area contributed by atoms with Gasteiger partial charge in [-0.15, -0.1) is 0 Å². The van der Waals surface area contributed by atoms with Crippen LogP contribution in [-0.4, -0.2) is 61.3 Å². The number of methoxy groups -OCH3 is 1. The van der Waals surface area contributed by atoms with Crippen molar-refractivity contribution in [3.63, 3.8) is 0 Å². The van der Waals surface area contributed by atoms with E-state index in [-0.39, 0.29) is 24.4 Å². The quantitative estimate of drug-likeness (QED) is 0.504. The van der Waals surface area contributed by atoms with Crippen LogP contribution in [0.3, 0.4) is 0 Å². The smallest absolute Gasteiger partial charge is 0.430 e. The summed E-state index contributed by atoms with van der Waals surface area (Å²) in [6, 6.07) is 10.1. The molecular weight excluding hydrogens is 535 g/mol. The maximum atomic E-state index is 14.1. The van der Waals surface area contributed by atoms with E-state index in [4.69, 9.17) is 22.1 Å². The first-order valence-electron chi connectivity index (χ1n) is 13.0. The molecule has 0 spiro atoms. The lowest BCUT2D eigenvalue weighted by molar-refractivity contribution is -0.262. The van der Waals surface area contributed by atoms with Crippen molar-refractivity contribution in [1.82, 2.24) is 4.90 Å². The third kappa shape index (κ3) is 6.11. The maximum absolute atomic E-state index is 14.1. The van der Waals surface area contributed by atoms with E-state index < -0.39 is 29.2 Å².